The minimum absolute atomic E-state index is 0.302. The summed E-state index contributed by atoms with van der Waals surface area (Å²) in [4.78, 5) is 43.1. The van der Waals surface area contributed by atoms with Crippen molar-refractivity contribution >= 4 is 40.7 Å². The van der Waals surface area contributed by atoms with Crippen LogP contribution in [0, 0.1) is 0 Å². The predicted octanol–water partition coefficient (Wildman–Crippen LogP) is 0.535. The first-order valence-corrected chi connectivity index (χ1v) is 10.9. The van der Waals surface area contributed by atoms with Crippen molar-refractivity contribution in [3.63, 3.8) is 0 Å². The highest BCUT2D eigenvalue weighted by Crippen LogP contribution is 2.27. The fourth-order valence-corrected chi connectivity index (χ4v) is 4.84. The van der Waals surface area contributed by atoms with Crippen molar-refractivity contribution in [1.82, 2.24) is 30.0 Å². The molecule has 30 heavy (non-hydrogen) atoms. The maximum absolute atomic E-state index is 12.7. The number of imide groups is 1. The number of H-pyrrole nitrogens is 1. The third kappa shape index (κ3) is 3.37. The molecule has 10 nitrogen and oxygen atoms in total. The number of ether oxygens (including phenoxy) is 1. The molecule has 0 saturated carbocycles. The molecule has 2 unspecified atom stereocenters. The van der Waals surface area contributed by atoms with Gasteiger partial charge >= 0.3 is 6.03 Å². The van der Waals surface area contributed by atoms with Crippen molar-refractivity contribution in [2.45, 2.75) is 17.4 Å². The minimum Gasteiger partial charge on any atom is -0.378 e. The van der Waals surface area contributed by atoms with Gasteiger partial charge in [0.05, 0.1) is 24.2 Å². The molecule has 3 aliphatic rings. The van der Waals surface area contributed by atoms with E-state index in [4.69, 9.17) is 9.73 Å². The third-order valence-corrected chi connectivity index (χ3v) is 6.42. The third-order valence-electron chi connectivity index (χ3n) is 5.57. The molecule has 1 aromatic heterocycles. The first kappa shape index (κ1) is 19.2. The van der Waals surface area contributed by atoms with E-state index >= 15 is 0 Å². The second-order valence-electron chi connectivity index (χ2n) is 7.39. The summed E-state index contributed by atoms with van der Waals surface area (Å²) in [5, 5.41) is 3.29. The lowest BCUT2D eigenvalue weighted by Crippen LogP contribution is -2.64. The van der Waals surface area contributed by atoms with Gasteiger partial charge in [-0.2, -0.15) is 0 Å². The number of nitrogens with zero attached hydrogens (tertiary/aromatic N) is 5. The van der Waals surface area contributed by atoms with Crippen LogP contribution >= 0.6 is 11.8 Å². The first-order chi connectivity index (χ1) is 14.6. The standard InChI is InChI=1S/C19H23N7O3S/c1-24-15-14(16(27)23-19(24)28)26(18(22-15)25-6-9-29-10-7-25)8-11-30-17-20-12-4-2-3-5-13(12)21-17/h2-5,14-15H,6-11H2,1H3,(H,20,21)(H,23,27,28). The average Bonchev–Trinajstić information content (AvgIpc) is 3.34. The number of para-hydroxylation sites is 2. The van der Waals surface area contributed by atoms with E-state index in [1.165, 1.54) is 4.90 Å². The van der Waals surface area contributed by atoms with Crippen LogP contribution in [0.5, 0.6) is 0 Å². The molecule has 11 heteroatoms. The quantitative estimate of drug-likeness (QED) is 0.683. The highest BCUT2D eigenvalue weighted by atomic mass is 32.2. The van der Waals surface area contributed by atoms with Gasteiger partial charge in [-0.05, 0) is 12.1 Å². The lowest BCUT2D eigenvalue weighted by atomic mass is 10.1. The number of carbonyl (C=O) groups is 2. The molecule has 4 heterocycles. The van der Waals surface area contributed by atoms with E-state index < -0.39 is 18.2 Å². The number of guanidine groups is 1. The Morgan fingerprint density at radius 1 is 1.23 bits per heavy atom. The van der Waals surface area contributed by atoms with Gasteiger partial charge in [-0.1, -0.05) is 23.9 Å². The van der Waals surface area contributed by atoms with E-state index in [1.54, 1.807) is 18.8 Å². The molecule has 1 aromatic carbocycles. The van der Waals surface area contributed by atoms with Gasteiger partial charge in [-0.15, -0.1) is 0 Å². The van der Waals surface area contributed by atoms with Crippen molar-refractivity contribution in [2.75, 3.05) is 45.6 Å². The Hall–Kier alpha value is -2.79. The topological polar surface area (TPSA) is 106 Å². The van der Waals surface area contributed by atoms with Crippen LogP contribution in [0.3, 0.4) is 0 Å². The van der Waals surface area contributed by atoms with Crippen molar-refractivity contribution in [3.8, 4) is 0 Å². The Bertz CT molecular complexity index is 970. The predicted molar refractivity (Wildman–Crippen MR) is 112 cm³/mol. The smallest absolute Gasteiger partial charge is 0.325 e. The molecular formula is C19H23N7O3S. The van der Waals surface area contributed by atoms with Crippen molar-refractivity contribution in [3.05, 3.63) is 24.3 Å². The van der Waals surface area contributed by atoms with Crippen LogP contribution in [-0.2, 0) is 9.53 Å². The van der Waals surface area contributed by atoms with E-state index in [0.29, 0.717) is 32.8 Å². The summed E-state index contributed by atoms with van der Waals surface area (Å²) in [6.45, 7) is 3.28. The number of rotatable bonds is 4. The zero-order valence-electron chi connectivity index (χ0n) is 16.6. The molecule has 2 saturated heterocycles. The SMILES string of the molecule is CN1C(=O)NC(=O)C2C1N=C(N1CCOCC1)N2CCSc1nc2ccccc2[nH]1. The average molecular weight is 430 g/mol. The van der Waals surface area contributed by atoms with Gasteiger partial charge in [0, 0.05) is 32.4 Å². The highest BCUT2D eigenvalue weighted by Gasteiger charge is 2.49. The number of aromatic nitrogens is 2. The molecule has 3 amide bonds. The first-order valence-electron chi connectivity index (χ1n) is 9.94. The fourth-order valence-electron chi connectivity index (χ4n) is 4.02. The van der Waals surface area contributed by atoms with E-state index in [-0.39, 0.29) is 5.91 Å². The largest absolute Gasteiger partial charge is 0.378 e. The van der Waals surface area contributed by atoms with Crippen molar-refractivity contribution < 1.29 is 14.3 Å². The summed E-state index contributed by atoms with van der Waals surface area (Å²) in [7, 11) is 1.67. The number of amides is 3. The fraction of sp³-hybridized carbons (Fsp3) is 0.474. The lowest BCUT2D eigenvalue weighted by Gasteiger charge is -2.38. The summed E-state index contributed by atoms with van der Waals surface area (Å²) in [6, 6.07) is 6.98. The molecule has 158 valence electrons. The molecule has 0 bridgehead atoms. The number of thioether (sulfide) groups is 1. The van der Waals surface area contributed by atoms with E-state index in [0.717, 1.165) is 27.9 Å². The monoisotopic (exact) mass is 429 g/mol. The maximum Gasteiger partial charge on any atom is 0.325 e. The molecule has 2 aromatic rings. The summed E-state index contributed by atoms with van der Waals surface area (Å²) in [6.07, 6.45) is -0.514. The molecule has 0 spiro atoms. The Balaban J connectivity index is 1.34. The van der Waals surface area contributed by atoms with Crippen molar-refractivity contribution in [2.24, 2.45) is 4.99 Å². The number of aromatic amines is 1. The number of imidazole rings is 1. The molecule has 2 atom stereocenters. The van der Waals surface area contributed by atoms with Gasteiger partial charge < -0.3 is 24.4 Å². The lowest BCUT2D eigenvalue weighted by molar-refractivity contribution is -0.127. The zero-order valence-corrected chi connectivity index (χ0v) is 17.4. The molecule has 5 rings (SSSR count). The van der Waals surface area contributed by atoms with Gasteiger partial charge in [0.15, 0.2) is 23.3 Å². The van der Waals surface area contributed by atoms with Gasteiger partial charge in [0.25, 0.3) is 5.91 Å². The van der Waals surface area contributed by atoms with Crippen LogP contribution in [0.15, 0.2) is 34.4 Å². The summed E-state index contributed by atoms with van der Waals surface area (Å²) < 4.78 is 5.46. The molecule has 2 fully saturated rings. The number of carbonyl (C=O) groups excluding carboxylic acids is 2. The van der Waals surface area contributed by atoms with E-state index in [2.05, 4.69) is 20.2 Å². The van der Waals surface area contributed by atoms with Crippen LogP contribution in [0.1, 0.15) is 0 Å². The molecular weight excluding hydrogens is 406 g/mol. The van der Waals surface area contributed by atoms with E-state index in [1.807, 2.05) is 29.2 Å². The normalized spacial score (nSPS) is 24.3. The Labute approximate surface area is 177 Å². The minimum atomic E-state index is -0.526. The van der Waals surface area contributed by atoms with Crippen LogP contribution in [0.4, 0.5) is 4.79 Å². The summed E-state index contributed by atoms with van der Waals surface area (Å²) in [5.41, 5.74) is 1.94. The van der Waals surface area contributed by atoms with Crippen LogP contribution < -0.4 is 5.32 Å². The van der Waals surface area contributed by atoms with Crippen LogP contribution in [0.25, 0.3) is 11.0 Å². The number of nitrogens with one attached hydrogen (secondary N) is 2. The van der Waals surface area contributed by atoms with Crippen LogP contribution in [-0.4, -0.2) is 100 Å². The number of morpholine rings is 1. The van der Waals surface area contributed by atoms with Crippen LogP contribution in [0.2, 0.25) is 0 Å². The van der Waals surface area contributed by atoms with Gasteiger partial charge in [-0.25, -0.2) is 14.8 Å². The zero-order chi connectivity index (χ0) is 20.7. The number of fused-ring (bicyclic) bond motifs is 2. The maximum atomic E-state index is 12.7. The number of hydrogen-bond donors (Lipinski definition) is 2. The highest BCUT2D eigenvalue weighted by molar-refractivity contribution is 7.99. The number of benzene rings is 1. The Morgan fingerprint density at radius 3 is 2.83 bits per heavy atom. The van der Waals surface area contributed by atoms with Gasteiger partial charge in [0.1, 0.15) is 0 Å². The number of urea groups is 1. The van der Waals surface area contributed by atoms with Gasteiger partial charge in [-0.3, -0.25) is 10.1 Å². The molecule has 3 aliphatic heterocycles. The molecule has 2 N–H and O–H groups in total. The number of aliphatic imine (C=N–C) groups is 1. The number of hydrogen-bond acceptors (Lipinski definition) is 8. The second-order valence-corrected chi connectivity index (χ2v) is 8.48. The van der Waals surface area contributed by atoms with Crippen molar-refractivity contribution in [1.29, 1.82) is 0 Å². The Kier molecular flexibility index (Phi) is 4.99. The summed E-state index contributed by atoms with van der Waals surface area (Å²) in [5.74, 6) is 1.18. The Morgan fingerprint density at radius 2 is 2.03 bits per heavy atom. The second kappa shape index (κ2) is 7.80. The van der Waals surface area contributed by atoms with E-state index in [9.17, 15) is 9.59 Å². The number of likely N-dealkylation sites (N-methyl/N-ethyl adjacent to an activating group) is 1. The summed E-state index contributed by atoms with van der Waals surface area (Å²) >= 11 is 1.60. The van der Waals surface area contributed by atoms with Gasteiger partial charge in [0.2, 0.25) is 0 Å². The molecule has 0 radical (unpaired) electrons. The molecule has 0 aliphatic carbocycles.